The molecule has 0 fully saturated rings. The maximum Gasteiger partial charge on any atom is 0.269 e. The average molecular weight is 288 g/mol. The molecule has 0 aliphatic rings. The molecule has 1 amide bonds. The van der Waals surface area contributed by atoms with Gasteiger partial charge in [-0.2, -0.15) is 5.10 Å². The Labute approximate surface area is 121 Å². The summed E-state index contributed by atoms with van der Waals surface area (Å²) in [5.74, 6) is -0.146. The zero-order chi connectivity index (χ0) is 15.4. The van der Waals surface area contributed by atoms with E-state index in [1.54, 1.807) is 16.8 Å². The summed E-state index contributed by atoms with van der Waals surface area (Å²) in [5, 5.41) is 17.6. The van der Waals surface area contributed by atoms with Crippen LogP contribution in [-0.2, 0) is 24.8 Å². The van der Waals surface area contributed by atoms with Crippen molar-refractivity contribution in [3.8, 4) is 0 Å². The van der Waals surface area contributed by atoms with E-state index in [9.17, 15) is 14.9 Å². The first-order valence-corrected chi connectivity index (χ1v) is 6.45. The molecule has 7 heteroatoms. The Hall–Kier alpha value is -2.70. The van der Waals surface area contributed by atoms with Gasteiger partial charge in [0.1, 0.15) is 0 Å². The minimum Gasteiger partial charge on any atom is -0.350 e. The van der Waals surface area contributed by atoms with Crippen molar-refractivity contribution in [2.75, 3.05) is 0 Å². The molecule has 1 N–H and O–H groups in total. The normalized spacial score (nSPS) is 10.4. The maximum atomic E-state index is 11.8. The first-order valence-electron chi connectivity index (χ1n) is 6.45. The third kappa shape index (κ3) is 3.88. The number of rotatable bonds is 5. The van der Waals surface area contributed by atoms with Crippen LogP contribution in [0.1, 0.15) is 17.0 Å². The third-order valence-electron chi connectivity index (χ3n) is 3.14. The second-order valence-corrected chi connectivity index (χ2v) is 4.78. The van der Waals surface area contributed by atoms with E-state index in [2.05, 4.69) is 10.4 Å². The highest BCUT2D eigenvalue weighted by Crippen LogP contribution is 2.12. The molecule has 0 aliphatic heterocycles. The van der Waals surface area contributed by atoms with Crippen LogP contribution < -0.4 is 5.32 Å². The van der Waals surface area contributed by atoms with E-state index in [-0.39, 0.29) is 18.0 Å². The summed E-state index contributed by atoms with van der Waals surface area (Å²) < 4.78 is 1.75. The standard InChI is InChI=1S/C14H16N4O3/c1-10-7-12(16-17(10)2)9-15-14(19)8-11-3-5-13(6-4-11)18(20)21/h3-7H,8-9H2,1-2H3,(H,15,19). The Morgan fingerprint density at radius 2 is 2.05 bits per heavy atom. The van der Waals surface area contributed by atoms with Crippen LogP contribution in [0.4, 0.5) is 5.69 Å². The molecule has 0 unspecified atom stereocenters. The van der Waals surface area contributed by atoms with E-state index in [1.165, 1.54) is 12.1 Å². The monoisotopic (exact) mass is 288 g/mol. The number of nitro groups is 1. The van der Waals surface area contributed by atoms with Gasteiger partial charge in [-0.1, -0.05) is 12.1 Å². The fourth-order valence-electron chi connectivity index (χ4n) is 1.89. The summed E-state index contributed by atoms with van der Waals surface area (Å²) in [6.45, 7) is 2.31. The Balaban J connectivity index is 1.88. The molecular formula is C14H16N4O3. The van der Waals surface area contributed by atoms with Crippen LogP contribution in [-0.4, -0.2) is 20.6 Å². The lowest BCUT2D eigenvalue weighted by Gasteiger charge is -2.03. The zero-order valence-electron chi connectivity index (χ0n) is 11.9. The zero-order valence-corrected chi connectivity index (χ0v) is 11.9. The minimum absolute atomic E-state index is 0.0168. The lowest BCUT2D eigenvalue weighted by Crippen LogP contribution is -2.24. The molecule has 1 heterocycles. The first-order chi connectivity index (χ1) is 9.95. The number of hydrogen-bond donors (Lipinski definition) is 1. The molecule has 0 spiro atoms. The highest BCUT2D eigenvalue weighted by molar-refractivity contribution is 5.78. The molecule has 21 heavy (non-hydrogen) atoms. The Morgan fingerprint density at radius 3 is 2.57 bits per heavy atom. The summed E-state index contributed by atoms with van der Waals surface area (Å²) in [6.07, 6.45) is 0.184. The van der Waals surface area contributed by atoms with E-state index in [4.69, 9.17) is 0 Å². The minimum atomic E-state index is -0.465. The van der Waals surface area contributed by atoms with Crippen LogP contribution >= 0.6 is 0 Å². The number of hydrogen-bond acceptors (Lipinski definition) is 4. The smallest absolute Gasteiger partial charge is 0.269 e. The van der Waals surface area contributed by atoms with E-state index < -0.39 is 4.92 Å². The van der Waals surface area contributed by atoms with Crippen LogP contribution in [0.15, 0.2) is 30.3 Å². The summed E-state index contributed by atoms with van der Waals surface area (Å²) in [7, 11) is 1.84. The van der Waals surface area contributed by atoms with Crippen molar-refractivity contribution in [1.82, 2.24) is 15.1 Å². The number of carbonyl (C=O) groups is 1. The fraction of sp³-hybridized carbons (Fsp3) is 0.286. The van der Waals surface area contributed by atoms with Crippen molar-refractivity contribution >= 4 is 11.6 Å². The summed E-state index contributed by atoms with van der Waals surface area (Å²) >= 11 is 0. The van der Waals surface area contributed by atoms with E-state index in [1.807, 2.05) is 20.0 Å². The molecule has 2 aromatic rings. The van der Waals surface area contributed by atoms with Gasteiger partial charge < -0.3 is 5.32 Å². The fourth-order valence-corrected chi connectivity index (χ4v) is 1.89. The van der Waals surface area contributed by atoms with Gasteiger partial charge in [0, 0.05) is 24.9 Å². The number of amides is 1. The van der Waals surface area contributed by atoms with E-state index in [0.29, 0.717) is 6.54 Å². The van der Waals surface area contributed by atoms with Gasteiger partial charge in [0.05, 0.1) is 23.6 Å². The van der Waals surface area contributed by atoms with Crippen LogP contribution in [0.25, 0.3) is 0 Å². The van der Waals surface area contributed by atoms with Crippen LogP contribution in [0.2, 0.25) is 0 Å². The highest BCUT2D eigenvalue weighted by atomic mass is 16.6. The Kier molecular flexibility index (Phi) is 4.32. The predicted molar refractivity (Wildman–Crippen MR) is 76.6 cm³/mol. The molecule has 0 saturated carbocycles. The van der Waals surface area contributed by atoms with Gasteiger partial charge in [0.15, 0.2) is 0 Å². The number of carbonyl (C=O) groups excluding carboxylic acids is 1. The maximum absolute atomic E-state index is 11.8. The number of aryl methyl sites for hydroxylation is 2. The van der Waals surface area contributed by atoms with Gasteiger partial charge in [-0.25, -0.2) is 0 Å². The molecule has 0 bridgehead atoms. The molecule has 110 valence electrons. The van der Waals surface area contributed by atoms with Gasteiger partial charge in [-0.3, -0.25) is 19.6 Å². The first kappa shape index (κ1) is 14.7. The third-order valence-corrected chi connectivity index (χ3v) is 3.14. The van der Waals surface area contributed by atoms with E-state index in [0.717, 1.165) is 17.0 Å². The molecule has 1 aromatic carbocycles. The second-order valence-electron chi connectivity index (χ2n) is 4.78. The Bertz CT molecular complexity index is 642. The lowest BCUT2D eigenvalue weighted by molar-refractivity contribution is -0.384. The number of nitrogens with one attached hydrogen (secondary N) is 1. The van der Waals surface area contributed by atoms with Crippen molar-refractivity contribution in [3.05, 3.63) is 57.4 Å². The van der Waals surface area contributed by atoms with Crippen LogP contribution in [0.3, 0.4) is 0 Å². The van der Waals surface area contributed by atoms with Crippen molar-refractivity contribution in [2.24, 2.45) is 7.05 Å². The summed E-state index contributed by atoms with van der Waals surface area (Å²) in [4.78, 5) is 21.9. The molecular weight excluding hydrogens is 272 g/mol. The predicted octanol–water partition coefficient (Wildman–Crippen LogP) is 1.50. The van der Waals surface area contributed by atoms with Crippen molar-refractivity contribution < 1.29 is 9.72 Å². The molecule has 0 saturated heterocycles. The molecule has 1 aromatic heterocycles. The summed E-state index contributed by atoms with van der Waals surface area (Å²) in [5.41, 5.74) is 2.57. The Morgan fingerprint density at radius 1 is 1.38 bits per heavy atom. The van der Waals surface area contributed by atoms with E-state index >= 15 is 0 Å². The highest BCUT2D eigenvalue weighted by Gasteiger charge is 2.08. The van der Waals surface area contributed by atoms with Crippen molar-refractivity contribution in [2.45, 2.75) is 19.9 Å². The quantitative estimate of drug-likeness (QED) is 0.666. The SMILES string of the molecule is Cc1cc(CNC(=O)Cc2ccc([N+](=O)[O-])cc2)nn1C. The number of benzene rings is 1. The van der Waals surface area contributed by atoms with Gasteiger partial charge in [-0.05, 0) is 18.6 Å². The number of aromatic nitrogens is 2. The number of nitro benzene ring substituents is 1. The van der Waals surface area contributed by atoms with Gasteiger partial charge in [-0.15, -0.1) is 0 Å². The average Bonchev–Trinajstić information content (AvgIpc) is 2.76. The van der Waals surface area contributed by atoms with Crippen LogP contribution in [0, 0.1) is 17.0 Å². The number of nitrogens with zero attached hydrogens (tertiary/aromatic N) is 3. The number of non-ortho nitro benzene ring substituents is 1. The molecule has 7 nitrogen and oxygen atoms in total. The van der Waals surface area contributed by atoms with Crippen molar-refractivity contribution in [3.63, 3.8) is 0 Å². The molecule has 0 radical (unpaired) electrons. The summed E-state index contributed by atoms with van der Waals surface area (Å²) in [6, 6.07) is 7.87. The van der Waals surface area contributed by atoms with Gasteiger partial charge in [0.2, 0.25) is 5.91 Å². The molecule has 0 aliphatic carbocycles. The molecule has 0 atom stereocenters. The second kappa shape index (κ2) is 6.17. The lowest BCUT2D eigenvalue weighted by atomic mass is 10.1. The van der Waals surface area contributed by atoms with Crippen molar-refractivity contribution in [1.29, 1.82) is 0 Å². The largest absolute Gasteiger partial charge is 0.350 e. The molecule has 2 rings (SSSR count). The van der Waals surface area contributed by atoms with Crippen LogP contribution in [0.5, 0.6) is 0 Å². The topological polar surface area (TPSA) is 90.1 Å². The van der Waals surface area contributed by atoms with Gasteiger partial charge >= 0.3 is 0 Å². The van der Waals surface area contributed by atoms with Gasteiger partial charge in [0.25, 0.3) is 5.69 Å².